The van der Waals surface area contributed by atoms with Gasteiger partial charge in [-0.2, -0.15) is 4.39 Å². The second-order valence-corrected chi connectivity index (χ2v) is 3.72. The minimum atomic E-state index is -1.03. The summed E-state index contributed by atoms with van der Waals surface area (Å²) in [6.07, 6.45) is 0.218. The van der Waals surface area contributed by atoms with Crippen molar-refractivity contribution < 1.29 is 18.6 Å². The number of rotatable bonds is 7. The number of aliphatic hydroxyl groups is 1. The van der Waals surface area contributed by atoms with Crippen molar-refractivity contribution in [2.75, 3.05) is 19.7 Å². The molecule has 1 aromatic rings. The van der Waals surface area contributed by atoms with Crippen molar-refractivity contribution >= 4 is 0 Å². The summed E-state index contributed by atoms with van der Waals surface area (Å²) in [7, 11) is 0. The molecule has 0 bridgehead atoms. The van der Waals surface area contributed by atoms with Crippen LogP contribution in [0, 0.1) is 11.6 Å². The Labute approximate surface area is 99.4 Å². The molecule has 1 atom stereocenters. The molecule has 3 nitrogen and oxygen atoms in total. The molecule has 1 rings (SSSR count). The van der Waals surface area contributed by atoms with Crippen molar-refractivity contribution in [2.24, 2.45) is 0 Å². The number of hydrogen-bond acceptors (Lipinski definition) is 3. The van der Waals surface area contributed by atoms with Crippen LogP contribution >= 0.6 is 0 Å². The quantitative estimate of drug-likeness (QED) is 0.718. The molecule has 1 unspecified atom stereocenters. The van der Waals surface area contributed by atoms with Crippen LogP contribution in [0.3, 0.4) is 0 Å². The van der Waals surface area contributed by atoms with Crippen LogP contribution in [0.5, 0.6) is 5.75 Å². The van der Waals surface area contributed by atoms with Gasteiger partial charge in [0.05, 0.1) is 0 Å². The highest BCUT2D eigenvalue weighted by molar-refractivity contribution is 5.25. The van der Waals surface area contributed by atoms with E-state index < -0.39 is 17.7 Å². The van der Waals surface area contributed by atoms with Crippen LogP contribution in [-0.2, 0) is 0 Å². The molecule has 0 amide bonds. The smallest absolute Gasteiger partial charge is 0.200 e. The molecule has 0 fully saturated rings. The molecule has 0 saturated heterocycles. The highest BCUT2D eigenvalue weighted by Crippen LogP contribution is 2.18. The number of ether oxygens (including phenoxy) is 1. The standard InChI is InChI=1S/C12H17F2NO2/c1-2-6-15-7-9(16)8-17-11-5-3-4-10(13)12(11)14/h3-5,9,15-16H,2,6-8H2,1H3. The maximum atomic E-state index is 13.2. The monoisotopic (exact) mass is 245 g/mol. The van der Waals surface area contributed by atoms with Crippen LogP contribution in [0.15, 0.2) is 18.2 Å². The van der Waals surface area contributed by atoms with Gasteiger partial charge in [0.15, 0.2) is 11.6 Å². The van der Waals surface area contributed by atoms with Gasteiger partial charge in [0.2, 0.25) is 5.82 Å². The van der Waals surface area contributed by atoms with Crippen LogP contribution < -0.4 is 10.1 Å². The highest BCUT2D eigenvalue weighted by Gasteiger charge is 2.10. The van der Waals surface area contributed by atoms with Gasteiger partial charge in [0.25, 0.3) is 0 Å². The van der Waals surface area contributed by atoms with Crippen molar-refractivity contribution in [1.82, 2.24) is 5.32 Å². The van der Waals surface area contributed by atoms with Crippen LogP contribution in [-0.4, -0.2) is 30.9 Å². The summed E-state index contributed by atoms with van der Waals surface area (Å²) >= 11 is 0. The van der Waals surface area contributed by atoms with E-state index in [1.165, 1.54) is 12.1 Å². The summed E-state index contributed by atoms with van der Waals surface area (Å²) in [5.74, 6) is -2.16. The van der Waals surface area contributed by atoms with E-state index in [1.54, 1.807) is 0 Å². The Hall–Kier alpha value is -1.20. The number of nitrogens with one attached hydrogen (secondary N) is 1. The molecule has 5 heteroatoms. The van der Waals surface area contributed by atoms with E-state index in [2.05, 4.69) is 5.32 Å². The minimum Gasteiger partial charge on any atom is -0.488 e. The molecule has 17 heavy (non-hydrogen) atoms. The summed E-state index contributed by atoms with van der Waals surface area (Å²) in [6, 6.07) is 3.70. The SMILES string of the molecule is CCCNCC(O)COc1cccc(F)c1F. The third-order valence-electron chi connectivity index (χ3n) is 2.15. The van der Waals surface area contributed by atoms with Gasteiger partial charge in [-0.25, -0.2) is 4.39 Å². The van der Waals surface area contributed by atoms with Crippen molar-refractivity contribution in [3.8, 4) is 5.75 Å². The Kier molecular flexibility index (Phi) is 5.86. The van der Waals surface area contributed by atoms with Gasteiger partial charge in [-0.15, -0.1) is 0 Å². The van der Waals surface area contributed by atoms with E-state index in [0.29, 0.717) is 6.54 Å². The number of benzene rings is 1. The summed E-state index contributed by atoms with van der Waals surface area (Å²) in [5, 5.41) is 12.5. The third kappa shape index (κ3) is 4.66. The first kappa shape index (κ1) is 13.9. The van der Waals surface area contributed by atoms with Gasteiger partial charge in [-0.3, -0.25) is 0 Å². The van der Waals surface area contributed by atoms with Gasteiger partial charge in [0, 0.05) is 6.54 Å². The summed E-state index contributed by atoms with van der Waals surface area (Å²) < 4.78 is 31.0. The van der Waals surface area contributed by atoms with Crippen molar-refractivity contribution in [3.63, 3.8) is 0 Å². The first-order valence-electron chi connectivity index (χ1n) is 5.60. The summed E-state index contributed by atoms with van der Waals surface area (Å²) in [6.45, 7) is 3.10. The lowest BCUT2D eigenvalue weighted by atomic mass is 10.3. The molecular formula is C12H17F2NO2. The van der Waals surface area contributed by atoms with E-state index in [4.69, 9.17) is 4.74 Å². The maximum absolute atomic E-state index is 13.2. The average molecular weight is 245 g/mol. The highest BCUT2D eigenvalue weighted by atomic mass is 19.2. The minimum absolute atomic E-state index is 0.0723. The zero-order chi connectivity index (χ0) is 12.7. The Morgan fingerprint density at radius 3 is 2.88 bits per heavy atom. The second kappa shape index (κ2) is 7.19. The third-order valence-corrected chi connectivity index (χ3v) is 2.15. The lowest BCUT2D eigenvalue weighted by Crippen LogP contribution is -2.31. The van der Waals surface area contributed by atoms with Crippen LogP contribution in [0.25, 0.3) is 0 Å². The molecule has 2 N–H and O–H groups in total. The molecular weight excluding hydrogens is 228 g/mol. The van der Waals surface area contributed by atoms with Gasteiger partial charge < -0.3 is 15.2 Å². The molecule has 0 aromatic heterocycles. The lowest BCUT2D eigenvalue weighted by molar-refractivity contribution is 0.104. The van der Waals surface area contributed by atoms with E-state index >= 15 is 0 Å². The van der Waals surface area contributed by atoms with Gasteiger partial charge in [-0.05, 0) is 25.1 Å². The molecule has 1 aromatic carbocycles. The van der Waals surface area contributed by atoms with Crippen LogP contribution in [0.1, 0.15) is 13.3 Å². The predicted molar refractivity (Wildman–Crippen MR) is 61.0 cm³/mol. The van der Waals surface area contributed by atoms with Crippen molar-refractivity contribution in [1.29, 1.82) is 0 Å². The number of aliphatic hydroxyl groups excluding tert-OH is 1. The van der Waals surface area contributed by atoms with Gasteiger partial charge in [-0.1, -0.05) is 13.0 Å². The molecule has 0 aliphatic carbocycles. The van der Waals surface area contributed by atoms with E-state index in [-0.39, 0.29) is 12.4 Å². The zero-order valence-electron chi connectivity index (χ0n) is 9.75. The van der Waals surface area contributed by atoms with Gasteiger partial charge >= 0.3 is 0 Å². The molecule has 0 aliphatic heterocycles. The fourth-order valence-corrected chi connectivity index (χ4v) is 1.29. The largest absolute Gasteiger partial charge is 0.488 e. The van der Waals surface area contributed by atoms with Crippen molar-refractivity contribution in [3.05, 3.63) is 29.8 Å². The fourth-order valence-electron chi connectivity index (χ4n) is 1.29. The Bertz CT molecular complexity index is 347. The van der Waals surface area contributed by atoms with E-state index in [0.717, 1.165) is 19.0 Å². The van der Waals surface area contributed by atoms with Crippen molar-refractivity contribution in [2.45, 2.75) is 19.4 Å². The molecule has 0 spiro atoms. The van der Waals surface area contributed by atoms with Gasteiger partial charge in [0.1, 0.15) is 12.7 Å². The Balaban J connectivity index is 2.37. The number of hydrogen-bond donors (Lipinski definition) is 2. The second-order valence-electron chi connectivity index (χ2n) is 3.72. The molecule has 0 aliphatic rings. The fraction of sp³-hybridized carbons (Fsp3) is 0.500. The summed E-state index contributed by atoms with van der Waals surface area (Å²) in [4.78, 5) is 0. The lowest BCUT2D eigenvalue weighted by Gasteiger charge is -2.13. The predicted octanol–water partition coefficient (Wildman–Crippen LogP) is 1.70. The molecule has 0 radical (unpaired) electrons. The molecule has 0 heterocycles. The average Bonchev–Trinajstić information content (AvgIpc) is 2.31. The first-order valence-corrected chi connectivity index (χ1v) is 5.60. The molecule has 96 valence electrons. The van der Waals surface area contributed by atoms with E-state index in [9.17, 15) is 13.9 Å². The maximum Gasteiger partial charge on any atom is 0.200 e. The van der Waals surface area contributed by atoms with E-state index in [1.807, 2.05) is 6.92 Å². The van der Waals surface area contributed by atoms with Crippen LogP contribution in [0.2, 0.25) is 0 Å². The topological polar surface area (TPSA) is 41.5 Å². The Morgan fingerprint density at radius 2 is 2.18 bits per heavy atom. The normalized spacial score (nSPS) is 12.5. The number of halogens is 2. The molecule has 0 saturated carbocycles. The van der Waals surface area contributed by atoms with Crippen LogP contribution in [0.4, 0.5) is 8.78 Å². The zero-order valence-corrected chi connectivity index (χ0v) is 9.75. The summed E-state index contributed by atoms with van der Waals surface area (Å²) in [5.41, 5.74) is 0. The Morgan fingerprint density at radius 1 is 1.41 bits per heavy atom. The first-order chi connectivity index (χ1) is 8.15.